The molecule has 5 nitrogen and oxygen atoms in total. The summed E-state index contributed by atoms with van der Waals surface area (Å²) >= 11 is 5.66. The van der Waals surface area contributed by atoms with Crippen LogP contribution in [-0.2, 0) is 0 Å². The van der Waals surface area contributed by atoms with Gasteiger partial charge in [0.25, 0.3) is 5.69 Å². The second-order valence-corrected chi connectivity index (χ2v) is 3.55. The maximum atomic E-state index is 10.6. The molecule has 0 radical (unpaired) electrons. The van der Waals surface area contributed by atoms with Crippen LogP contribution in [0.1, 0.15) is 0 Å². The van der Waals surface area contributed by atoms with Gasteiger partial charge >= 0.3 is 0 Å². The van der Waals surface area contributed by atoms with Crippen molar-refractivity contribution in [2.75, 3.05) is 0 Å². The van der Waals surface area contributed by atoms with Crippen molar-refractivity contribution in [1.29, 1.82) is 0 Å². The quantitative estimate of drug-likeness (QED) is 0.475. The van der Waals surface area contributed by atoms with Gasteiger partial charge in [0, 0.05) is 0 Å². The first-order chi connectivity index (χ1) is 8.15. The zero-order chi connectivity index (χ0) is 12.3. The van der Waals surface area contributed by atoms with Gasteiger partial charge in [0.1, 0.15) is 10.9 Å². The first-order valence-electron chi connectivity index (χ1n) is 4.70. The van der Waals surface area contributed by atoms with E-state index < -0.39 is 4.92 Å². The highest BCUT2D eigenvalue weighted by Gasteiger charge is 2.11. The Labute approximate surface area is 102 Å². The van der Waals surface area contributed by atoms with Gasteiger partial charge in [-0.1, -0.05) is 29.8 Å². The van der Waals surface area contributed by atoms with E-state index in [2.05, 4.69) is 4.98 Å². The highest BCUT2D eigenvalue weighted by atomic mass is 35.5. The number of benzene rings is 1. The molecule has 0 aliphatic rings. The number of rotatable bonds is 3. The molecule has 0 saturated heterocycles. The molecular weight excluding hydrogens is 244 g/mol. The van der Waals surface area contributed by atoms with Gasteiger partial charge in [-0.2, -0.15) is 0 Å². The summed E-state index contributed by atoms with van der Waals surface area (Å²) in [4.78, 5) is 13.9. The smallest absolute Gasteiger partial charge is 0.277 e. The molecule has 2 aromatic rings. The average Bonchev–Trinajstić information content (AvgIpc) is 2.29. The summed E-state index contributed by atoms with van der Waals surface area (Å²) in [5.74, 6) is 0.631. The van der Waals surface area contributed by atoms with Crippen molar-refractivity contribution >= 4 is 17.3 Å². The summed E-state index contributed by atoms with van der Waals surface area (Å²) in [6.07, 6.45) is 0. The van der Waals surface area contributed by atoms with Gasteiger partial charge in [-0.25, -0.2) is 4.98 Å². The van der Waals surface area contributed by atoms with E-state index in [1.807, 2.05) is 6.07 Å². The van der Waals surface area contributed by atoms with Crippen molar-refractivity contribution in [3.63, 3.8) is 0 Å². The molecule has 0 atom stereocenters. The SMILES string of the molecule is O=[N+]([O-])c1cc(Cl)nc(Oc2ccccc2)c1. The number of nitro groups is 1. The second-order valence-electron chi connectivity index (χ2n) is 3.16. The van der Waals surface area contributed by atoms with Gasteiger partial charge in [-0.15, -0.1) is 0 Å². The van der Waals surface area contributed by atoms with Gasteiger partial charge in [-0.05, 0) is 12.1 Å². The van der Waals surface area contributed by atoms with Crippen LogP contribution in [0.25, 0.3) is 0 Å². The third-order valence-electron chi connectivity index (χ3n) is 1.93. The Hall–Kier alpha value is -2.14. The standard InChI is InChI=1S/C11H7ClN2O3/c12-10-6-8(14(15)16)7-11(13-10)17-9-4-2-1-3-5-9/h1-7H. The van der Waals surface area contributed by atoms with Gasteiger partial charge in [0.2, 0.25) is 5.88 Å². The molecular formula is C11H7ClN2O3. The lowest BCUT2D eigenvalue weighted by Gasteiger charge is -2.04. The lowest BCUT2D eigenvalue weighted by molar-refractivity contribution is -0.385. The number of hydrogen-bond acceptors (Lipinski definition) is 4. The Kier molecular flexibility index (Phi) is 3.20. The molecule has 0 fully saturated rings. The van der Waals surface area contributed by atoms with Crippen molar-refractivity contribution < 1.29 is 9.66 Å². The maximum Gasteiger partial charge on any atom is 0.277 e. The topological polar surface area (TPSA) is 65.3 Å². The van der Waals surface area contributed by atoms with Gasteiger partial charge < -0.3 is 4.74 Å². The third kappa shape index (κ3) is 2.92. The molecule has 0 amide bonds. The van der Waals surface area contributed by atoms with Crippen molar-refractivity contribution in [2.24, 2.45) is 0 Å². The summed E-state index contributed by atoms with van der Waals surface area (Å²) in [5, 5.41) is 10.6. The predicted molar refractivity (Wildman–Crippen MR) is 62.4 cm³/mol. The zero-order valence-electron chi connectivity index (χ0n) is 8.54. The number of aromatic nitrogens is 1. The molecule has 0 spiro atoms. The fraction of sp³-hybridized carbons (Fsp3) is 0. The molecule has 1 aromatic heterocycles. The lowest BCUT2D eigenvalue weighted by atomic mass is 10.3. The Morgan fingerprint density at radius 1 is 1.24 bits per heavy atom. The van der Waals surface area contributed by atoms with Gasteiger partial charge in [-0.3, -0.25) is 10.1 Å². The molecule has 0 saturated carbocycles. The Bertz CT molecular complexity index is 546. The molecule has 0 N–H and O–H groups in total. The van der Waals surface area contributed by atoms with E-state index in [-0.39, 0.29) is 16.7 Å². The van der Waals surface area contributed by atoms with Crippen molar-refractivity contribution in [1.82, 2.24) is 4.98 Å². The highest BCUT2D eigenvalue weighted by Crippen LogP contribution is 2.25. The molecule has 0 aliphatic heterocycles. The molecule has 1 aromatic carbocycles. The fourth-order valence-corrected chi connectivity index (χ4v) is 1.42. The van der Waals surface area contributed by atoms with Crippen LogP contribution < -0.4 is 4.74 Å². The summed E-state index contributed by atoms with van der Waals surface area (Å²) in [6, 6.07) is 11.2. The van der Waals surface area contributed by atoms with Crippen LogP contribution in [0.15, 0.2) is 42.5 Å². The summed E-state index contributed by atoms with van der Waals surface area (Å²) < 4.78 is 5.35. The third-order valence-corrected chi connectivity index (χ3v) is 2.13. The minimum Gasteiger partial charge on any atom is -0.439 e. The first-order valence-corrected chi connectivity index (χ1v) is 5.08. The van der Waals surface area contributed by atoms with E-state index in [1.165, 1.54) is 12.1 Å². The van der Waals surface area contributed by atoms with Crippen molar-refractivity contribution in [2.45, 2.75) is 0 Å². The lowest BCUT2D eigenvalue weighted by Crippen LogP contribution is -1.92. The largest absolute Gasteiger partial charge is 0.439 e. The second kappa shape index (κ2) is 4.80. The minimum atomic E-state index is -0.550. The average molecular weight is 251 g/mol. The van der Waals surface area contributed by atoms with E-state index in [0.717, 1.165) is 0 Å². The van der Waals surface area contributed by atoms with Gasteiger partial charge in [0.15, 0.2) is 0 Å². The van der Waals surface area contributed by atoms with Gasteiger partial charge in [0.05, 0.1) is 17.1 Å². The van der Waals surface area contributed by atoms with Crippen LogP contribution in [0.2, 0.25) is 5.15 Å². The zero-order valence-corrected chi connectivity index (χ0v) is 9.29. The van der Waals surface area contributed by atoms with Crippen LogP contribution >= 0.6 is 11.6 Å². The van der Waals surface area contributed by atoms with Crippen LogP contribution in [-0.4, -0.2) is 9.91 Å². The normalized spacial score (nSPS) is 9.94. The number of para-hydroxylation sites is 1. The van der Waals surface area contributed by atoms with E-state index in [0.29, 0.717) is 5.75 Å². The molecule has 86 valence electrons. The number of pyridine rings is 1. The van der Waals surface area contributed by atoms with E-state index in [4.69, 9.17) is 16.3 Å². The highest BCUT2D eigenvalue weighted by molar-refractivity contribution is 6.29. The molecule has 17 heavy (non-hydrogen) atoms. The van der Waals surface area contributed by atoms with Crippen LogP contribution in [0, 0.1) is 10.1 Å². The van der Waals surface area contributed by atoms with Crippen molar-refractivity contribution in [3.8, 4) is 11.6 Å². The Morgan fingerprint density at radius 2 is 1.94 bits per heavy atom. The summed E-state index contributed by atoms with van der Waals surface area (Å²) in [6.45, 7) is 0. The van der Waals surface area contributed by atoms with Crippen molar-refractivity contribution in [3.05, 3.63) is 57.7 Å². The molecule has 2 rings (SSSR count). The predicted octanol–water partition coefficient (Wildman–Crippen LogP) is 3.44. The van der Waals surface area contributed by atoms with Crippen LogP contribution in [0.3, 0.4) is 0 Å². The van der Waals surface area contributed by atoms with E-state index in [9.17, 15) is 10.1 Å². The Balaban J connectivity index is 2.30. The number of ether oxygens (including phenoxy) is 1. The fourth-order valence-electron chi connectivity index (χ4n) is 1.23. The van der Waals surface area contributed by atoms with E-state index in [1.54, 1.807) is 24.3 Å². The first kappa shape index (κ1) is 11.3. The number of hydrogen-bond donors (Lipinski definition) is 0. The molecule has 0 unspecified atom stereocenters. The minimum absolute atomic E-state index is 0.0186. The molecule has 1 heterocycles. The number of nitrogens with zero attached hydrogens (tertiary/aromatic N) is 2. The summed E-state index contributed by atoms with van der Waals surface area (Å²) in [7, 11) is 0. The molecule has 0 aliphatic carbocycles. The molecule has 6 heteroatoms. The monoisotopic (exact) mass is 250 g/mol. The van der Waals surface area contributed by atoms with Crippen LogP contribution in [0.5, 0.6) is 11.6 Å². The Morgan fingerprint density at radius 3 is 2.59 bits per heavy atom. The summed E-state index contributed by atoms with van der Waals surface area (Å²) in [5.41, 5.74) is -0.157. The number of halogens is 1. The maximum absolute atomic E-state index is 10.6. The molecule has 0 bridgehead atoms. The van der Waals surface area contributed by atoms with Crippen LogP contribution in [0.4, 0.5) is 5.69 Å². The van der Waals surface area contributed by atoms with E-state index >= 15 is 0 Å².